The monoisotopic (exact) mass is 416 g/mol. The summed E-state index contributed by atoms with van der Waals surface area (Å²) in [5.41, 5.74) is 4.02. The number of aryl methyl sites for hydroxylation is 2. The van der Waals surface area contributed by atoms with Gasteiger partial charge in [0.25, 0.3) is 0 Å². The third-order valence-electron chi connectivity index (χ3n) is 4.63. The van der Waals surface area contributed by atoms with Crippen molar-refractivity contribution in [2.75, 3.05) is 5.75 Å². The van der Waals surface area contributed by atoms with Crippen molar-refractivity contribution in [3.63, 3.8) is 0 Å². The van der Waals surface area contributed by atoms with Crippen LogP contribution in [0.25, 0.3) is 11.4 Å². The van der Waals surface area contributed by atoms with Crippen LogP contribution in [0.15, 0.2) is 89.1 Å². The van der Waals surface area contributed by atoms with E-state index in [-0.39, 0.29) is 5.82 Å². The Morgan fingerprint density at radius 1 is 0.967 bits per heavy atom. The van der Waals surface area contributed by atoms with Gasteiger partial charge in [-0.25, -0.2) is 4.39 Å². The summed E-state index contributed by atoms with van der Waals surface area (Å²) in [7, 11) is 0. The number of rotatable bonds is 7. The fraction of sp³-hybridized carbons (Fsp3) is 0.125. The van der Waals surface area contributed by atoms with Crippen molar-refractivity contribution in [3.05, 3.63) is 101 Å². The first-order valence-corrected chi connectivity index (χ1v) is 10.7. The van der Waals surface area contributed by atoms with Gasteiger partial charge in [0.2, 0.25) is 5.16 Å². The average Bonchev–Trinajstić information content (AvgIpc) is 3.16. The molecule has 30 heavy (non-hydrogen) atoms. The maximum Gasteiger partial charge on any atom is 0.212 e. The fourth-order valence-corrected chi connectivity index (χ4v) is 3.94. The first-order valence-electron chi connectivity index (χ1n) is 9.69. The summed E-state index contributed by atoms with van der Waals surface area (Å²) in [6.07, 6.45) is 2.56. The zero-order valence-electron chi connectivity index (χ0n) is 16.6. The molecule has 1 heterocycles. The van der Waals surface area contributed by atoms with Gasteiger partial charge in [-0.2, -0.15) is 9.78 Å². The fourth-order valence-electron chi connectivity index (χ4n) is 3.07. The molecule has 1 aromatic heterocycles. The van der Waals surface area contributed by atoms with Crippen molar-refractivity contribution >= 4 is 18.0 Å². The Balaban J connectivity index is 1.63. The molecule has 6 heteroatoms. The van der Waals surface area contributed by atoms with E-state index >= 15 is 0 Å². The second kappa shape index (κ2) is 9.50. The minimum absolute atomic E-state index is 0.292. The molecule has 3 aromatic carbocycles. The summed E-state index contributed by atoms with van der Waals surface area (Å²) in [5.74, 6) is 1.23. The maximum absolute atomic E-state index is 13.5. The van der Waals surface area contributed by atoms with Gasteiger partial charge in [0.15, 0.2) is 5.82 Å². The van der Waals surface area contributed by atoms with Crippen molar-refractivity contribution in [2.24, 2.45) is 5.10 Å². The molecule has 4 nitrogen and oxygen atoms in total. The van der Waals surface area contributed by atoms with Gasteiger partial charge in [0, 0.05) is 11.3 Å². The van der Waals surface area contributed by atoms with Crippen LogP contribution in [0.1, 0.15) is 16.7 Å². The van der Waals surface area contributed by atoms with Crippen molar-refractivity contribution in [1.29, 1.82) is 0 Å². The van der Waals surface area contributed by atoms with Gasteiger partial charge in [-0.05, 0) is 42.2 Å². The van der Waals surface area contributed by atoms with Crippen LogP contribution in [-0.2, 0) is 6.42 Å². The molecule has 0 N–H and O–H groups in total. The standard InChI is InChI=1S/C24H21FN4S/c1-18-8-5-6-13-22(18)23-27-28-24(30-15-14-19-9-3-2-4-10-19)29(23)26-17-20-11-7-12-21(25)16-20/h2-13,16-17H,14-15H2,1H3/b26-17+. The molecule has 0 radical (unpaired) electrons. The van der Waals surface area contributed by atoms with Crippen LogP contribution in [0.4, 0.5) is 4.39 Å². The number of hydrogen-bond donors (Lipinski definition) is 0. The lowest BCUT2D eigenvalue weighted by Crippen LogP contribution is -1.99. The lowest BCUT2D eigenvalue weighted by molar-refractivity contribution is 0.627. The molecule has 0 saturated carbocycles. The number of halogens is 1. The summed E-state index contributed by atoms with van der Waals surface area (Å²) in [6, 6.07) is 24.7. The molecule has 0 amide bonds. The normalized spacial score (nSPS) is 11.3. The van der Waals surface area contributed by atoms with Gasteiger partial charge in [-0.1, -0.05) is 78.5 Å². The highest BCUT2D eigenvalue weighted by Crippen LogP contribution is 2.26. The predicted molar refractivity (Wildman–Crippen MR) is 120 cm³/mol. The predicted octanol–water partition coefficient (Wildman–Crippen LogP) is 5.61. The second-order valence-electron chi connectivity index (χ2n) is 6.82. The van der Waals surface area contributed by atoms with Gasteiger partial charge >= 0.3 is 0 Å². The molecule has 0 fully saturated rings. The van der Waals surface area contributed by atoms with E-state index < -0.39 is 0 Å². The molecule has 4 aromatic rings. The molecule has 0 aliphatic carbocycles. The van der Waals surface area contributed by atoms with Crippen LogP contribution >= 0.6 is 11.8 Å². The van der Waals surface area contributed by atoms with E-state index in [2.05, 4.69) is 27.4 Å². The van der Waals surface area contributed by atoms with Crippen LogP contribution in [0.2, 0.25) is 0 Å². The third-order valence-corrected chi connectivity index (χ3v) is 5.55. The first-order chi connectivity index (χ1) is 14.7. The zero-order chi connectivity index (χ0) is 20.8. The summed E-state index contributed by atoms with van der Waals surface area (Å²) in [4.78, 5) is 0. The SMILES string of the molecule is Cc1ccccc1-c1nnc(SCCc2ccccc2)n1/N=C/c1cccc(F)c1. The Morgan fingerprint density at radius 2 is 1.77 bits per heavy atom. The molecule has 0 aliphatic heterocycles. The largest absolute Gasteiger partial charge is 0.212 e. The lowest BCUT2D eigenvalue weighted by atomic mass is 10.1. The topological polar surface area (TPSA) is 43.1 Å². The second-order valence-corrected chi connectivity index (χ2v) is 7.88. The van der Waals surface area contributed by atoms with Gasteiger partial charge in [0.05, 0.1) is 6.21 Å². The molecule has 0 atom stereocenters. The van der Waals surface area contributed by atoms with Crippen LogP contribution in [0.5, 0.6) is 0 Å². The third kappa shape index (κ3) is 4.83. The molecule has 0 unspecified atom stereocenters. The van der Waals surface area contributed by atoms with Crippen molar-refractivity contribution < 1.29 is 4.39 Å². The smallest absolute Gasteiger partial charge is 0.207 e. The zero-order valence-corrected chi connectivity index (χ0v) is 17.4. The van der Waals surface area contributed by atoms with E-state index in [4.69, 9.17) is 0 Å². The molecular formula is C24H21FN4S. The minimum atomic E-state index is -0.292. The number of hydrogen-bond acceptors (Lipinski definition) is 4. The summed E-state index contributed by atoms with van der Waals surface area (Å²) in [5, 5.41) is 14.1. The summed E-state index contributed by atoms with van der Waals surface area (Å²) < 4.78 is 15.3. The highest BCUT2D eigenvalue weighted by Gasteiger charge is 2.15. The Morgan fingerprint density at radius 3 is 2.57 bits per heavy atom. The van der Waals surface area contributed by atoms with Crippen LogP contribution < -0.4 is 0 Å². The number of nitrogens with zero attached hydrogens (tertiary/aromatic N) is 4. The molecule has 150 valence electrons. The summed E-state index contributed by atoms with van der Waals surface area (Å²) >= 11 is 1.60. The van der Waals surface area contributed by atoms with Gasteiger partial charge in [0.1, 0.15) is 5.82 Å². The quantitative estimate of drug-likeness (QED) is 0.290. The number of benzene rings is 3. The van der Waals surface area contributed by atoms with E-state index in [9.17, 15) is 4.39 Å². The lowest BCUT2D eigenvalue weighted by Gasteiger charge is -2.07. The van der Waals surface area contributed by atoms with Crippen molar-refractivity contribution in [3.8, 4) is 11.4 Å². The van der Waals surface area contributed by atoms with E-state index in [1.807, 2.05) is 55.5 Å². The molecule has 0 saturated heterocycles. The van der Waals surface area contributed by atoms with Crippen LogP contribution in [-0.4, -0.2) is 26.8 Å². The Labute approximate surface area is 179 Å². The average molecular weight is 417 g/mol. The molecule has 0 bridgehead atoms. The van der Waals surface area contributed by atoms with Crippen LogP contribution in [0, 0.1) is 12.7 Å². The molecule has 0 spiro atoms. The highest BCUT2D eigenvalue weighted by atomic mass is 32.2. The highest BCUT2D eigenvalue weighted by molar-refractivity contribution is 7.99. The molecule has 0 aliphatic rings. The van der Waals surface area contributed by atoms with Crippen molar-refractivity contribution in [2.45, 2.75) is 18.5 Å². The Kier molecular flexibility index (Phi) is 6.35. The van der Waals surface area contributed by atoms with Crippen molar-refractivity contribution in [1.82, 2.24) is 14.9 Å². The Hall–Kier alpha value is -3.25. The van der Waals surface area contributed by atoms with E-state index in [1.165, 1.54) is 17.7 Å². The van der Waals surface area contributed by atoms with Gasteiger partial charge in [-0.3, -0.25) is 0 Å². The minimum Gasteiger partial charge on any atom is -0.207 e. The van der Waals surface area contributed by atoms with Crippen LogP contribution in [0.3, 0.4) is 0 Å². The van der Waals surface area contributed by atoms with E-state index in [0.29, 0.717) is 16.5 Å². The van der Waals surface area contributed by atoms with Gasteiger partial charge < -0.3 is 0 Å². The summed E-state index contributed by atoms with van der Waals surface area (Å²) in [6.45, 7) is 2.03. The van der Waals surface area contributed by atoms with E-state index in [0.717, 1.165) is 23.3 Å². The molecule has 4 rings (SSSR count). The van der Waals surface area contributed by atoms with E-state index in [1.54, 1.807) is 28.7 Å². The molecular weight excluding hydrogens is 395 g/mol. The number of thioether (sulfide) groups is 1. The number of aromatic nitrogens is 3. The maximum atomic E-state index is 13.5. The first kappa shape index (κ1) is 20.0. The Bertz CT molecular complexity index is 1150. The van der Waals surface area contributed by atoms with Gasteiger partial charge in [-0.15, -0.1) is 10.2 Å².